The maximum atomic E-state index is 10.3. The van der Waals surface area contributed by atoms with Crippen molar-refractivity contribution < 1.29 is 14.5 Å². The molecule has 0 aromatic carbocycles. The second-order valence-electron chi connectivity index (χ2n) is 1.44. The van der Waals surface area contributed by atoms with Crippen molar-refractivity contribution >= 4 is 11.9 Å². The zero-order chi connectivity index (χ0) is 7.98. The number of hydrogen-bond acceptors (Lipinski definition) is 3. The van der Waals surface area contributed by atoms with Crippen molar-refractivity contribution in [2.45, 2.75) is 6.92 Å². The SMILES string of the molecule is CNC(=O)NONC(C)=O. The molecule has 0 aliphatic rings. The first-order valence-corrected chi connectivity index (χ1v) is 2.57. The van der Waals surface area contributed by atoms with Gasteiger partial charge in [0.05, 0.1) is 0 Å². The highest BCUT2D eigenvalue weighted by molar-refractivity contribution is 5.73. The van der Waals surface area contributed by atoms with Crippen LogP contribution < -0.4 is 16.3 Å². The molecule has 0 bridgehead atoms. The molecule has 0 aromatic rings. The number of nitrogens with one attached hydrogen (secondary N) is 3. The Balaban J connectivity index is 3.20. The van der Waals surface area contributed by atoms with Gasteiger partial charge >= 0.3 is 6.03 Å². The highest BCUT2D eigenvalue weighted by Gasteiger charge is 1.94. The van der Waals surface area contributed by atoms with Gasteiger partial charge in [0.1, 0.15) is 0 Å². The smallest absolute Gasteiger partial charge is 0.339 e. The van der Waals surface area contributed by atoms with Gasteiger partial charge in [-0.15, -0.1) is 0 Å². The van der Waals surface area contributed by atoms with E-state index in [-0.39, 0.29) is 0 Å². The summed E-state index contributed by atoms with van der Waals surface area (Å²) in [5.41, 5.74) is 3.78. The Kier molecular flexibility index (Phi) is 3.97. The summed E-state index contributed by atoms with van der Waals surface area (Å²) in [7, 11) is 1.42. The van der Waals surface area contributed by atoms with E-state index < -0.39 is 11.9 Å². The number of carbonyl (C=O) groups is 2. The number of urea groups is 1. The minimum atomic E-state index is -0.534. The molecule has 58 valence electrons. The average Bonchev–Trinajstić information content (AvgIpc) is 1.87. The highest BCUT2D eigenvalue weighted by atomic mass is 16.8. The molecule has 0 fully saturated rings. The van der Waals surface area contributed by atoms with E-state index in [0.29, 0.717) is 0 Å². The first-order valence-electron chi connectivity index (χ1n) is 2.57. The van der Waals surface area contributed by atoms with Crippen molar-refractivity contribution in [1.82, 2.24) is 16.3 Å². The number of amides is 3. The lowest BCUT2D eigenvalue weighted by molar-refractivity contribution is -0.135. The van der Waals surface area contributed by atoms with Crippen molar-refractivity contribution in [1.29, 1.82) is 0 Å². The fourth-order valence-corrected chi connectivity index (χ4v) is 0.195. The van der Waals surface area contributed by atoms with Gasteiger partial charge in [0.25, 0.3) is 0 Å². The third kappa shape index (κ3) is 4.85. The number of carbonyl (C=O) groups excluding carboxylic acids is 2. The minimum absolute atomic E-state index is 0.392. The lowest BCUT2D eigenvalue weighted by Crippen LogP contribution is -2.38. The summed E-state index contributed by atoms with van der Waals surface area (Å²) in [6.45, 7) is 1.26. The van der Waals surface area contributed by atoms with E-state index in [2.05, 4.69) is 10.3 Å². The van der Waals surface area contributed by atoms with Crippen LogP contribution in [0, 0.1) is 0 Å². The van der Waals surface area contributed by atoms with Crippen LogP contribution in [-0.2, 0) is 9.73 Å². The first-order chi connectivity index (χ1) is 4.66. The van der Waals surface area contributed by atoms with Gasteiger partial charge in [-0.1, -0.05) is 0 Å². The van der Waals surface area contributed by atoms with Crippen LogP contribution in [0.1, 0.15) is 6.92 Å². The van der Waals surface area contributed by atoms with Crippen LogP contribution in [0.15, 0.2) is 0 Å². The standard InChI is InChI=1S/C4H9N3O3/c1-3(8)6-10-7-4(9)5-2/h1-2H3,(H,6,8)(H2,5,7,9). The van der Waals surface area contributed by atoms with E-state index in [9.17, 15) is 9.59 Å². The molecule has 0 heterocycles. The molecule has 6 nitrogen and oxygen atoms in total. The van der Waals surface area contributed by atoms with Crippen molar-refractivity contribution in [3.8, 4) is 0 Å². The average molecular weight is 147 g/mol. The van der Waals surface area contributed by atoms with Crippen LogP contribution in [-0.4, -0.2) is 19.0 Å². The maximum Gasteiger partial charge on any atom is 0.340 e. The van der Waals surface area contributed by atoms with E-state index in [0.717, 1.165) is 0 Å². The van der Waals surface area contributed by atoms with E-state index in [1.54, 1.807) is 0 Å². The van der Waals surface area contributed by atoms with E-state index >= 15 is 0 Å². The molecule has 0 atom stereocenters. The van der Waals surface area contributed by atoms with Gasteiger partial charge in [0.15, 0.2) is 0 Å². The monoisotopic (exact) mass is 147 g/mol. The minimum Gasteiger partial charge on any atom is -0.339 e. The molecule has 0 radical (unpaired) electrons. The van der Waals surface area contributed by atoms with Crippen LogP contribution in [0.2, 0.25) is 0 Å². The topological polar surface area (TPSA) is 79.5 Å². The summed E-state index contributed by atoms with van der Waals surface area (Å²) in [4.78, 5) is 24.6. The molecule has 10 heavy (non-hydrogen) atoms. The number of hydroxylamine groups is 2. The first kappa shape index (κ1) is 8.70. The zero-order valence-electron chi connectivity index (χ0n) is 5.72. The van der Waals surface area contributed by atoms with Crippen LogP contribution in [0.4, 0.5) is 4.79 Å². The van der Waals surface area contributed by atoms with Gasteiger partial charge in [0.2, 0.25) is 5.91 Å². The van der Waals surface area contributed by atoms with Gasteiger partial charge in [-0.25, -0.2) is 10.3 Å². The molecule has 0 saturated heterocycles. The summed E-state index contributed by atoms with van der Waals surface area (Å²) in [5.74, 6) is -0.392. The molecule has 0 saturated carbocycles. The van der Waals surface area contributed by atoms with Gasteiger partial charge in [-0.3, -0.25) is 4.79 Å². The van der Waals surface area contributed by atoms with Crippen LogP contribution >= 0.6 is 0 Å². The summed E-state index contributed by atoms with van der Waals surface area (Å²) in [5, 5.41) is 2.21. The molecule has 0 unspecified atom stereocenters. The van der Waals surface area contributed by atoms with Crippen LogP contribution in [0.25, 0.3) is 0 Å². The normalized spacial score (nSPS) is 8.20. The van der Waals surface area contributed by atoms with E-state index in [4.69, 9.17) is 0 Å². The molecule has 0 rings (SSSR count). The molecule has 6 heteroatoms. The summed E-state index contributed by atoms with van der Waals surface area (Å²) >= 11 is 0. The maximum absolute atomic E-state index is 10.3. The number of rotatable bonds is 2. The van der Waals surface area contributed by atoms with Gasteiger partial charge in [0, 0.05) is 14.0 Å². The predicted molar refractivity (Wildman–Crippen MR) is 32.5 cm³/mol. The van der Waals surface area contributed by atoms with Crippen molar-refractivity contribution in [3.05, 3.63) is 0 Å². The molecular formula is C4H9N3O3. The van der Waals surface area contributed by atoms with Gasteiger partial charge in [-0.2, -0.15) is 10.4 Å². The third-order valence-corrected chi connectivity index (χ3v) is 0.566. The molecule has 0 spiro atoms. The Morgan fingerprint density at radius 1 is 1.30 bits per heavy atom. The molecule has 0 aromatic heterocycles. The second kappa shape index (κ2) is 4.57. The van der Waals surface area contributed by atoms with Crippen molar-refractivity contribution in [2.24, 2.45) is 0 Å². The second-order valence-corrected chi connectivity index (χ2v) is 1.44. The predicted octanol–water partition coefficient (Wildman–Crippen LogP) is -1.10. The Morgan fingerprint density at radius 2 is 1.90 bits per heavy atom. The lowest BCUT2D eigenvalue weighted by Gasteiger charge is -2.02. The van der Waals surface area contributed by atoms with Gasteiger partial charge < -0.3 is 5.32 Å². The number of hydrogen-bond donors (Lipinski definition) is 3. The van der Waals surface area contributed by atoms with Crippen molar-refractivity contribution in [2.75, 3.05) is 7.05 Å². The largest absolute Gasteiger partial charge is 0.340 e. The highest BCUT2D eigenvalue weighted by Crippen LogP contribution is 1.61. The van der Waals surface area contributed by atoms with E-state index in [1.165, 1.54) is 14.0 Å². The Bertz CT molecular complexity index is 136. The van der Waals surface area contributed by atoms with Gasteiger partial charge in [-0.05, 0) is 0 Å². The summed E-state index contributed by atoms with van der Waals surface area (Å²) < 4.78 is 0. The van der Waals surface area contributed by atoms with Crippen LogP contribution in [0.3, 0.4) is 0 Å². The molecule has 3 N–H and O–H groups in total. The fourth-order valence-electron chi connectivity index (χ4n) is 0.195. The molecular weight excluding hydrogens is 138 g/mol. The summed E-state index contributed by atoms with van der Waals surface area (Å²) in [6.07, 6.45) is 0. The lowest BCUT2D eigenvalue weighted by atomic mass is 10.8. The van der Waals surface area contributed by atoms with Crippen molar-refractivity contribution in [3.63, 3.8) is 0 Å². The zero-order valence-corrected chi connectivity index (χ0v) is 5.72. The molecule has 0 aliphatic heterocycles. The Hall–Kier alpha value is -1.30. The Labute approximate surface area is 57.8 Å². The van der Waals surface area contributed by atoms with Crippen LogP contribution in [0.5, 0.6) is 0 Å². The van der Waals surface area contributed by atoms with E-state index in [1.807, 2.05) is 11.0 Å². The fraction of sp³-hybridized carbons (Fsp3) is 0.500. The quantitative estimate of drug-likeness (QED) is 0.434. The summed E-state index contributed by atoms with van der Waals surface area (Å²) in [6, 6.07) is -0.534. The molecule has 0 aliphatic carbocycles. The Morgan fingerprint density at radius 3 is 2.30 bits per heavy atom. The third-order valence-electron chi connectivity index (χ3n) is 0.566. The molecule has 3 amide bonds.